The Kier molecular flexibility index (Phi) is 2.60. The van der Waals surface area contributed by atoms with Crippen LogP contribution in [0.4, 0.5) is 4.39 Å². The normalized spacial score (nSPS) is 15.1. The molecule has 0 spiro atoms. The lowest BCUT2D eigenvalue weighted by molar-refractivity contribution is 0.417. The Balaban J connectivity index is 1.77. The molecule has 2 aromatic rings. The third-order valence-corrected chi connectivity index (χ3v) is 2.70. The van der Waals surface area contributed by atoms with Gasteiger partial charge in [0.15, 0.2) is 5.82 Å². The summed E-state index contributed by atoms with van der Waals surface area (Å²) in [7, 11) is 0. The van der Waals surface area contributed by atoms with E-state index in [1.54, 1.807) is 18.2 Å². The van der Waals surface area contributed by atoms with Crippen molar-refractivity contribution in [3.63, 3.8) is 0 Å². The number of aromatic nitrogens is 2. The molecule has 0 bridgehead atoms. The second-order valence-corrected chi connectivity index (χ2v) is 4.15. The monoisotopic (exact) mass is 233 g/mol. The maximum atomic E-state index is 13.5. The fourth-order valence-corrected chi connectivity index (χ4v) is 1.59. The molecule has 1 aromatic carbocycles. The molecule has 1 heterocycles. The molecule has 1 aromatic heterocycles. The maximum Gasteiger partial charge on any atom is 0.260 e. The molecular formula is C12H12FN3O. The molecule has 0 amide bonds. The quantitative estimate of drug-likeness (QED) is 0.878. The highest BCUT2D eigenvalue weighted by Gasteiger charge is 2.21. The fraction of sp³-hybridized carbons (Fsp3) is 0.333. The number of hydrogen-bond acceptors (Lipinski definition) is 4. The Labute approximate surface area is 97.8 Å². The van der Waals surface area contributed by atoms with Gasteiger partial charge in [0.1, 0.15) is 5.82 Å². The molecule has 3 rings (SSSR count). The van der Waals surface area contributed by atoms with Crippen LogP contribution < -0.4 is 5.32 Å². The van der Waals surface area contributed by atoms with Crippen molar-refractivity contribution in [3.8, 4) is 11.5 Å². The molecule has 1 aliphatic carbocycles. The molecule has 17 heavy (non-hydrogen) atoms. The molecule has 1 N–H and O–H groups in total. The predicted octanol–water partition coefficient (Wildman–Crippen LogP) is 2.13. The van der Waals surface area contributed by atoms with Gasteiger partial charge in [-0.1, -0.05) is 17.3 Å². The summed E-state index contributed by atoms with van der Waals surface area (Å²) in [6.45, 7) is 0.572. The van der Waals surface area contributed by atoms with Crippen LogP contribution in [-0.4, -0.2) is 16.2 Å². The summed E-state index contributed by atoms with van der Waals surface area (Å²) in [4.78, 5) is 4.16. The summed E-state index contributed by atoms with van der Waals surface area (Å²) < 4.78 is 18.5. The van der Waals surface area contributed by atoms with Crippen LogP contribution in [0.1, 0.15) is 18.7 Å². The molecule has 0 unspecified atom stereocenters. The molecule has 1 saturated carbocycles. The van der Waals surface area contributed by atoms with Crippen molar-refractivity contribution in [3.05, 3.63) is 35.9 Å². The fourth-order valence-electron chi connectivity index (χ4n) is 1.59. The first-order valence-electron chi connectivity index (χ1n) is 5.64. The Morgan fingerprint density at radius 3 is 2.94 bits per heavy atom. The highest BCUT2D eigenvalue weighted by Crippen LogP contribution is 2.21. The first-order chi connectivity index (χ1) is 8.33. The van der Waals surface area contributed by atoms with Crippen molar-refractivity contribution >= 4 is 0 Å². The Morgan fingerprint density at radius 1 is 1.35 bits per heavy atom. The molecule has 0 saturated heterocycles. The van der Waals surface area contributed by atoms with Gasteiger partial charge in [0.25, 0.3) is 5.89 Å². The first kappa shape index (κ1) is 10.4. The van der Waals surface area contributed by atoms with Crippen molar-refractivity contribution in [2.45, 2.75) is 25.4 Å². The molecule has 0 aliphatic heterocycles. The second-order valence-electron chi connectivity index (χ2n) is 4.15. The average molecular weight is 233 g/mol. The highest BCUT2D eigenvalue weighted by molar-refractivity contribution is 5.53. The van der Waals surface area contributed by atoms with E-state index in [0.717, 1.165) is 0 Å². The van der Waals surface area contributed by atoms with Gasteiger partial charge in [-0.15, -0.1) is 0 Å². The van der Waals surface area contributed by atoms with Crippen LogP contribution in [0.2, 0.25) is 0 Å². The van der Waals surface area contributed by atoms with E-state index in [1.165, 1.54) is 18.9 Å². The van der Waals surface area contributed by atoms with Crippen LogP contribution in [-0.2, 0) is 6.54 Å². The molecule has 1 aliphatic rings. The minimum Gasteiger partial charge on any atom is -0.334 e. The minimum absolute atomic E-state index is 0.232. The van der Waals surface area contributed by atoms with Crippen LogP contribution in [0.5, 0.6) is 0 Å². The summed E-state index contributed by atoms with van der Waals surface area (Å²) in [6.07, 6.45) is 2.41. The van der Waals surface area contributed by atoms with E-state index in [0.29, 0.717) is 24.0 Å². The van der Waals surface area contributed by atoms with Crippen LogP contribution in [0.15, 0.2) is 28.8 Å². The molecular weight excluding hydrogens is 221 g/mol. The SMILES string of the molecule is Fc1ccccc1-c1nc(CNC2CC2)no1. The number of benzene rings is 1. The van der Waals surface area contributed by atoms with Gasteiger partial charge in [-0.25, -0.2) is 4.39 Å². The van der Waals surface area contributed by atoms with Gasteiger partial charge >= 0.3 is 0 Å². The smallest absolute Gasteiger partial charge is 0.260 e. The molecule has 88 valence electrons. The van der Waals surface area contributed by atoms with E-state index in [2.05, 4.69) is 15.5 Å². The average Bonchev–Trinajstić information content (AvgIpc) is 3.06. The van der Waals surface area contributed by atoms with E-state index in [-0.39, 0.29) is 11.7 Å². The Morgan fingerprint density at radius 2 is 2.18 bits per heavy atom. The molecule has 0 radical (unpaired) electrons. The maximum absolute atomic E-state index is 13.5. The number of nitrogens with one attached hydrogen (secondary N) is 1. The Hall–Kier alpha value is -1.75. The largest absolute Gasteiger partial charge is 0.334 e. The molecule has 4 nitrogen and oxygen atoms in total. The number of rotatable bonds is 4. The summed E-state index contributed by atoms with van der Waals surface area (Å²) in [5.74, 6) is 0.448. The summed E-state index contributed by atoms with van der Waals surface area (Å²) in [5.41, 5.74) is 0.345. The van der Waals surface area contributed by atoms with Crippen molar-refractivity contribution in [1.82, 2.24) is 15.5 Å². The third-order valence-electron chi connectivity index (χ3n) is 2.70. The van der Waals surface area contributed by atoms with Gasteiger partial charge in [-0.2, -0.15) is 4.98 Å². The van der Waals surface area contributed by atoms with Crippen LogP contribution in [0.25, 0.3) is 11.5 Å². The summed E-state index contributed by atoms with van der Waals surface area (Å²) in [6, 6.07) is 6.96. The van der Waals surface area contributed by atoms with Crippen molar-refractivity contribution < 1.29 is 8.91 Å². The van der Waals surface area contributed by atoms with Crippen molar-refractivity contribution in [2.24, 2.45) is 0 Å². The van der Waals surface area contributed by atoms with Gasteiger partial charge < -0.3 is 9.84 Å². The number of halogens is 1. The summed E-state index contributed by atoms with van der Waals surface area (Å²) >= 11 is 0. The van der Waals surface area contributed by atoms with E-state index < -0.39 is 0 Å². The van der Waals surface area contributed by atoms with Crippen LogP contribution in [0, 0.1) is 5.82 Å². The lowest BCUT2D eigenvalue weighted by atomic mass is 10.2. The van der Waals surface area contributed by atoms with E-state index in [9.17, 15) is 4.39 Å². The van der Waals surface area contributed by atoms with Gasteiger partial charge in [0, 0.05) is 6.04 Å². The lowest BCUT2D eigenvalue weighted by Crippen LogP contribution is -2.16. The van der Waals surface area contributed by atoms with Gasteiger partial charge in [-0.3, -0.25) is 0 Å². The van der Waals surface area contributed by atoms with Crippen LogP contribution in [0.3, 0.4) is 0 Å². The predicted molar refractivity (Wildman–Crippen MR) is 59.6 cm³/mol. The third kappa shape index (κ3) is 2.34. The van der Waals surface area contributed by atoms with E-state index in [4.69, 9.17) is 4.52 Å². The van der Waals surface area contributed by atoms with Gasteiger partial charge in [-0.05, 0) is 25.0 Å². The van der Waals surface area contributed by atoms with E-state index >= 15 is 0 Å². The van der Waals surface area contributed by atoms with Crippen LogP contribution >= 0.6 is 0 Å². The Bertz CT molecular complexity index is 522. The zero-order chi connectivity index (χ0) is 11.7. The minimum atomic E-state index is -0.349. The van der Waals surface area contributed by atoms with Gasteiger partial charge in [0.2, 0.25) is 0 Å². The topological polar surface area (TPSA) is 51.0 Å². The number of hydrogen-bond donors (Lipinski definition) is 1. The first-order valence-corrected chi connectivity index (χ1v) is 5.64. The second kappa shape index (κ2) is 4.25. The zero-order valence-electron chi connectivity index (χ0n) is 9.19. The number of nitrogens with zero attached hydrogens (tertiary/aromatic N) is 2. The van der Waals surface area contributed by atoms with E-state index in [1.807, 2.05) is 0 Å². The summed E-state index contributed by atoms with van der Waals surface area (Å²) in [5, 5.41) is 7.09. The van der Waals surface area contributed by atoms with Crippen molar-refractivity contribution in [2.75, 3.05) is 0 Å². The lowest BCUT2D eigenvalue weighted by Gasteiger charge is -1.95. The zero-order valence-corrected chi connectivity index (χ0v) is 9.19. The highest BCUT2D eigenvalue weighted by atomic mass is 19.1. The van der Waals surface area contributed by atoms with Crippen molar-refractivity contribution in [1.29, 1.82) is 0 Å². The standard InChI is InChI=1S/C12H12FN3O/c13-10-4-2-1-3-9(10)12-15-11(16-17-12)7-14-8-5-6-8/h1-4,8,14H,5-7H2. The van der Waals surface area contributed by atoms with Gasteiger partial charge in [0.05, 0.1) is 12.1 Å². The molecule has 0 atom stereocenters. The molecule has 5 heteroatoms. The molecule has 1 fully saturated rings.